The van der Waals surface area contributed by atoms with Crippen LogP contribution in [0.25, 0.3) is 0 Å². The molecule has 4 heteroatoms. The van der Waals surface area contributed by atoms with Crippen LogP contribution in [0.2, 0.25) is 5.02 Å². The van der Waals surface area contributed by atoms with E-state index in [1.165, 1.54) is 12.0 Å². The monoisotopic (exact) mass is 334 g/mol. The maximum atomic E-state index is 13.3. The number of carbonyl (C=O) groups is 1. The minimum Gasteiger partial charge on any atom is -0.341 e. The molecule has 126 valence electrons. The van der Waals surface area contributed by atoms with E-state index in [0.717, 1.165) is 56.6 Å². The number of amides is 1. The molecule has 1 saturated carbocycles. The Hall–Kier alpha value is -1.06. The zero-order chi connectivity index (χ0) is 16.3. The fraction of sp³-hybridized carbons (Fsp3) is 0.632. The lowest BCUT2D eigenvalue weighted by Crippen LogP contribution is -2.52. The van der Waals surface area contributed by atoms with E-state index in [2.05, 4.69) is 16.3 Å². The maximum Gasteiger partial charge on any atom is 0.229 e. The van der Waals surface area contributed by atoms with Crippen molar-refractivity contribution in [3.05, 3.63) is 34.9 Å². The van der Waals surface area contributed by atoms with Gasteiger partial charge in [0.1, 0.15) is 0 Å². The van der Waals surface area contributed by atoms with Crippen LogP contribution in [0.5, 0.6) is 0 Å². The number of halogens is 1. The zero-order valence-corrected chi connectivity index (χ0v) is 14.7. The van der Waals surface area contributed by atoms with Crippen molar-refractivity contribution < 1.29 is 4.79 Å². The fourth-order valence-corrected chi connectivity index (χ4v) is 4.50. The molecule has 1 amide bonds. The Morgan fingerprint density at radius 2 is 2.13 bits per heavy atom. The summed E-state index contributed by atoms with van der Waals surface area (Å²) in [7, 11) is 2.00. The third-order valence-corrected chi connectivity index (χ3v) is 5.80. The molecule has 1 heterocycles. The van der Waals surface area contributed by atoms with E-state index in [9.17, 15) is 4.79 Å². The van der Waals surface area contributed by atoms with Crippen LogP contribution in [0.1, 0.15) is 44.1 Å². The van der Waals surface area contributed by atoms with Crippen molar-refractivity contribution >= 4 is 17.5 Å². The van der Waals surface area contributed by atoms with Crippen molar-refractivity contribution in [2.24, 2.45) is 5.41 Å². The first-order valence-electron chi connectivity index (χ1n) is 8.84. The lowest BCUT2D eigenvalue weighted by atomic mass is 9.78. The van der Waals surface area contributed by atoms with Crippen molar-refractivity contribution in [2.75, 3.05) is 20.1 Å². The Balaban J connectivity index is 1.78. The third kappa shape index (κ3) is 3.72. The molecule has 1 atom stereocenters. The molecule has 1 aliphatic heterocycles. The van der Waals surface area contributed by atoms with E-state index in [-0.39, 0.29) is 5.41 Å². The lowest BCUT2D eigenvalue weighted by molar-refractivity contribution is -0.143. The molecule has 1 aromatic carbocycles. The number of rotatable bonds is 4. The van der Waals surface area contributed by atoms with Crippen molar-refractivity contribution in [1.29, 1.82) is 0 Å². The smallest absolute Gasteiger partial charge is 0.229 e. The molecule has 1 aliphatic carbocycles. The van der Waals surface area contributed by atoms with Gasteiger partial charge in [0.05, 0.1) is 5.41 Å². The Kier molecular flexibility index (Phi) is 5.27. The summed E-state index contributed by atoms with van der Waals surface area (Å²) >= 11 is 6.14. The molecule has 0 aromatic heterocycles. The van der Waals surface area contributed by atoms with Crippen LogP contribution in [0.3, 0.4) is 0 Å². The van der Waals surface area contributed by atoms with Crippen LogP contribution in [0.15, 0.2) is 24.3 Å². The Labute approximate surface area is 144 Å². The second-order valence-electron chi connectivity index (χ2n) is 7.17. The number of nitrogens with one attached hydrogen (secondary N) is 1. The minimum atomic E-state index is -0.208. The highest BCUT2D eigenvalue weighted by Crippen LogP contribution is 2.43. The lowest BCUT2D eigenvalue weighted by Gasteiger charge is -2.39. The summed E-state index contributed by atoms with van der Waals surface area (Å²) < 4.78 is 0. The van der Waals surface area contributed by atoms with Gasteiger partial charge in [-0.3, -0.25) is 4.79 Å². The number of hydrogen-bond acceptors (Lipinski definition) is 2. The number of benzene rings is 1. The number of carbonyl (C=O) groups excluding carboxylic acids is 1. The summed E-state index contributed by atoms with van der Waals surface area (Å²) in [6.07, 6.45) is 7.45. The highest BCUT2D eigenvalue weighted by atomic mass is 35.5. The maximum absolute atomic E-state index is 13.3. The second-order valence-corrected chi connectivity index (χ2v) is 7.61. The largest absolute Gasteiger partial charge is 0.341 e. The second kappa shape index (κ2) is 7.23. The van der Waals surface area contributed by atoms with Crippen molar-refractivity contribution in [1.82, 2.24) is 10.2 Å². The van der Waals surface area contributed by atoms with Gasteiger partial charge in [-0.15, -0.1) is 0 Å². The fourth-order valence-electron chi connectivity index (χ4n) is 4.29. The molecule has 1 N–H and O–H groups in total. The van der Waals surface area contributed by atoms with Gasteiger partial charge >= 0.3 is 0 Å². The number of piperidine rings is 1. The first-order valence-corrected chi connectivity index (χ1v) is 9.22. The molecule has 0 spiro atoms. The van der Waals surface area contributed by atoms with Gasteiger partial charge in [-0.2, -0.15) is 0 Å². The van der Waals surface area contributed by atoms with Crippen molar-refractivity contribution in [3.63, 3.8) is 0 Å². The van der Waals surface area contributed by atoms with Crippen LogP contribution >= 0.6 is 11.6 Å². The van der Waals surface area contributed by atoms with Crippen LogP contribution in [0, 0.1) is 5.41 Å². The summed E-state index contributed by atoms with van der Waals surface area (Å²) in [6, 6.07) is 8.45. The molecule has 1 aromatic rings. The molecule has 3 nitrogen and oxygen atoms in total. The highest BCUT2D eigenvalue weighted by Gasteiger charge is 2.44. The van der Waals surface area contributed by atoms with Gasteiger partial charge in [0.15, 0.2) is 0 Å². The van der Waals surface area contributed by atoms with E-state index in [1.807, 2.05) is 25.2 Å². The number of hydrogen-bond donors (Lipinski definition) is 1. The van der Waals surface area contributed by atoms with Crippen molar-refractivity contribution in [2.45, 2.75) is 51.0 Å². The topological polar surface area (TPSA) is 32.3 Å². The molecular weight excluding hydrogens is 308 g/mol. The Morgan fingerprint density at radius 3 is 2.83 bits per heavy atom. The van der Waals surface area contributed by atoms with Gasteiger partial charge in [0.2, 0.25) is 5.91 Å². The first kappa shape index (κ1) is 16.8. The Morgan fingerprint density at radius 1 is 1.35 bits per heavy atom. The normalized spacial score (nSPS) is 23.9. The van der Waals surface area contributed by atoms with Gasteiger partial charge in [-0.25, -0.2) is 0 Å². The average Bonchev–Trinajstić information content (AvgIpc) is 3.04. The molecule has 0 bridgehead atoms. The molecule has 0 radical (unpaired) electrons. The molecule has 1 saturated heterocycles. The van der Waals surface area contributed by atoms with Gasteiger partial charge in [-0.1, -0.05) is 36.6 Å². The summed E-state index contributed by atoms with van der Waals surface area (Å²) in [6.45, 7) is 1.76. The van der Waals surface area contributed by atoms with Gasteiger partial charge in [-0.05, 0) is 56.8 Å². The van der Waals surface area contributed by atoms with Crippen molar-refractivity contribution in [3.8, 4) is 0 Å². The van der Waals surface area contributed by atoms with E-state index in [0.29, 0.717) is 11.9 Å². The van der Waals surface area contributed by atoms with E-state index < -0.39 is 0 Å². The number of nitrogens with zero attached hydrogens (tertiary/aromatic N) is 1. The summed E-state index contributed by atoms with van der Waals surface area (Å²) in [5.41, 5.74) is 0.982. The quantitative estimate of drug-likeness (QED) is 0.911. The summed E-state index contributed by atoms with van der Waals surface area (Å²) in [5, 5.41) is 4.10. The molecule has 3 rings (SSSR count). The molecule has 2 aliphatic rings. The number of likely N-dealkylation sites (N-methyl/N-ethyl adjacent to an activating group) is 1. The van der Waals surface area contributed by atoms with Crippen LogP contribution in [-0.4, -0.2) is 37.0 Å². The van der Waals surface area contributed by atoms with E-state index in [1.54, 1.807) is 0 Å². The van der Waals surface area contributed by atoms with E-state index in [4.69, 9.17) is 11.6 Å². The van der Waals surface area contributed by atoms with E-state index >= 15 is 0 Å². The van der Waals surface area contributed by atoms with Crippen LogP contribution in [-0.2, 0) is 11.2 Å². The number of likely N-dealkylation sites (tertiary alicyclic amines) is 1. The van der Waals surface area contributed by atoms with Crippen LogP contribution < -0.4 is 5.32 Å². The predicted molar refractivity (Wildman–Crippen MR) is 94.7 cm³/mol. The van der Waals surface area contributed by atoms with Crippen LogP contribution in [0.4, 0.5) is 0 Å². The molecule has 2 fully saturated rings. The molecular formula is C19H27ClN2O. The zero-order valence-electron chi connectivity index (χ0n) is 14.0. The minimum absolute atomic E-state index is 0.208. The SMILES string of the molecule is CNC1CCCN(C(=O)C2(Cc3cccc(Cl)c3)CCCC2)C1. The average molecular weight is 335 g/mol. The highest BCUT2D eigenvalue weighted by molar-refractivity contribution is 6.30. The third-order valence-electron chi connectivity index (χ3n) is 5.56. The van der Waals surface area contributed by atoms with Gasteiger partial charge < -0.3 is 10.2 Å². The first-order chi connectivity index (χ1) is 11.1. The summed E-state index contributed by atoms with van der Waals surface area (Å²) in [5.74, 6) is 0.370. The van der Waals surface area contributed by atoms with Gasteiger partial charge in [0, 0.05) is 24.2 Å². The predicted octanol–water partition coefficient (Wildman–Crippen LogP) is 3.65. The Bertz CT molecular complexity index is 554. The van der Waals surface area contributed by atoms with Gasteiger partial charge in [0.25, 0.3) is 0 Å². The molecule has 1 unspecified atom stereocenters. The summed E-state index contributed by atoms with van der Waals surface area (Å²) in [4.78, 5) is 15.4. The standard InChI is InChI=1S/C19H27ClN2O/c1-21-17-8-5-11-22(14-17)18(23)19(9-2-3-10-19)13-15-6-4-7-16(20)12-15/h4,6-7,12,17,21H,2-3,5,8-11,13-14H2,1H3. The molecule has 23 heavy (non-hydrogen) atoms.